The van der Waals surface area contributed by atoms with Crippen LogP contribution >= 0.6 is 0 Å². The second-order valence-corrected chi connectivity index (χ2v) is 7.60. The Labute approximate surface area is 164 Å². The average Bonchev–Trinajstić information content (AvgIpc) is 3.23. The maximum absolute atomic E-state index is 12.3. The lowest BCUT2D eigenvalue weighted by Gasteiger charge is -2.40. The molecule has 0 bridgehead atoms. The van der Waals surface area contributed by atoms with Crippen molar-refractivity contribution in [3.8, 4) is 11.3 Å². The van der Waals surface area contributed by atoms with Gasteiger partial charge in [-0.3, -0.25) is 4.79 Å². The van der Waals surface area contributed by atoms with Crippen molar-refractivity contribution in [1.29, 1.82) is 0 Å². The molecule has 2 aliphatic heterocycles. The molecule has 2 fully saturated rings. The van der Waals surface area contributed by atoms with E-state index in [1.54, 1.807) is 6.33 Å². The molecule has 2 saturated heterocycles. The number of hydrogen-bond acceptors (Lipinski definition) is 5. The minimum Gasteiger partial charge on any atom is -0.356 e. The summed E-state index contributed by atoms with van der Waals surface area (Å²) in [6.45, 7) is 2.73. The van der Waals surface area contributed by atoms with Crippen LogP contribution in [-0.4, -0.2) is 56.1 Å². The van der Waals surface area contributed by atoms with Crippen molar-refractivity contribution < 1.29 is 4.79 Å². The maximum atomic E-state index is 12.3. The van der Waals surface area contributed by atoms with E-state index in [1.165, 1.54) is 0 Å². The van der Waals surface area contributed by atoms with Crippen LogP contribution in [0.1, 0.15) is 32.1 Å². The molecule has 0 spiro atoms. The molecule has 1 aromatic carbocycles. The van der Waals surface area contributed by atoms with Crippen LogP contribution in [0.15, 0.2) is 42.7 Å². The summed E-state index contributed by atoms with van der Waals surface area (Å²) in [7, 11) is 0. The van der Waals surface area contributed by atoms with Crippen molar-refractivity contribution in [2.45, 2.75) is 38.1 Å². The van der Waals surface area contributed by atoms with Gasteiger partial charge < -0.3 is 9.80 Å². The number of amides is 1. The van der Waals surface area contributed by atoms with E-state index >= 15 is 0 Å². The van der Waals surface area contributed by atoms with E-state index in [4.69, 9.17) is 0 Å². The maximum Gasteiger partial charge on any atom is 0.254 e. The van der Waals surface area contributed by atoms with Crippen molar-refractivity contribution in [2.75, 3.05) is 24.5 Å². The normalized spacial score (nSPS) is 18.8. The summed E-state index contributed by atoms with van der Waals surface area (Å²) in [5.41, 5.74) is 1.98. The van der Waals surface area contributed by atoms with Crippen LogP contribution in [0.5, 0.6) is 0 Å². The lowest BCUT2D eigenvalue weighted by molar-refractivity contribution is -0.136. The number of aromatic nitrogens is 4. The number of anilines is 1. The number of carbonyl (C=O) groups is 1. The molecule has 0 N–H and O–H groups in total. The van der Waals surface area contributed by atoms with Crippen LogP contribution in [-0.2, 0) is 4.79 Å². The highest BCUT2D eigenvalue weighted by atomic mass is 16.2. The summed E-state index contributed by atoms with van der Waals surface area (Å²) in [5, 5.41) is 4.39. The quantitative estimate of drug-likeness (QED) is 0.703. The summed E-state index contributed by atoms with van der Waals surface area (Å²) in [6, 6.07) is 12.6. The molecule has 0 radical (unpaired) electrons. The Morgan fingerprint density at radius 2 is 1.82 bits per heavy atom. The standard InChI is InChI=1S/C21H24N6O/c28-20-8-4-5-11-26(20)17-9-12-25(13-10-17)19-14-18(16-6-2-1-3-7-16)24-21-22-15-23-27(19)21/h1-3,6-7,14-15,17H,4-5,8-13H2. The van der Waals surface area contributed by atoms with Crippen LogP contribution in [0.2, 0.25) is 0 Å². The van der Waals surface area contributed by atoms with E-state index in [9.17, 15) is 4.79 Å². The summed E-state index contributed by atoms with van der Waals surface area (Å²) < 4.78 is 1.82. The average molecular weight is 376 g/mol. The Kier molecular flexibility index (Phi) is 4.43. The molecule has 4 heterocycles. The first-order valence-corrected chi connectivity index (χ1v) is 10.1. The summed E-state index contributed by atoms with van der Waals surface area (Å²) in [5.74, 6) is 1.97. The topological polar surface area (TPSA) is 66.6 Å². The fourth-order valence-electron chi connectivity index (χ4n) is 4.40. The summed E-state index contributed by atoms with van der Waals surface area (Å²) in [4.78, 5) is 25.7. The van der Waals surface area contributed by atoms with Crippen molar-refractivity contribution >= 4 is 17.5 Å². The zero-order valence-corrected chi connectivity index (χ0v) is 15.9. The van der Waals surface area contributed by atoms with Gasteiger partial charge in [-0.25, -0.2) is 4.98 Å². The van der Waals surface area contributed by atoms with E-state index < -0.39 is 0 Å². The molecule has 0 unspecified atom stereocenters. The van der Waals surface area contributed by atoms with Gasteiger partial charge in [0.05, 0.1) is 5.69 Å². The van der Waals surface area contributed by atoms with Gasteiger partial charge in [-0.1, -0.05) is 30.3 Å². The van der Waals surface area contributed by atoms with E-state index in [2.05, 4.69) is 43.1 Å². The molecular formula is C21H24N6O. The van der Waals surface area contributed by atoms with Gasteiger partial charge in [0.1, 0.15) is 12.1 Å². The number of fused-ring (bicyclic) bond motifs is 1. The molecule has 5 rings (SSSR count). The van der Waals surface area contributed by atoms with E-state index in [1.807, 2.05) is 22.7 Å². The molecule has 2 aromatic heterocycles. The second-order valence-electron chi connectivity index (χ2n) is 7.60. The van der Waals surface area contributed by atoms with Gasteiger partial charge in [-0.15, -0.1) is 0 Å². The van der Waals surface area contributed by atoms with E-state index in [-0.39, 0.29) is 0 Å². The minimum atomic E-state index is 0.332. The number of piperidine rings is 2. The van der Waals surface area contributed by atoms with Gasteiger partial charge in [0.25, 0.3) is 5.78 Å². The monoisotopic (exact) mass is 376 g/mol. The number of carbonyl (C=O) groups excluding carboxylic acids is 1. The molecule has 0 atom stereocenters. The Morgan fingerprint density at radius 3 is 2.61 bits per heavy atom. The highest BCUT2D eigenvalue weighted by molar-refractivity contribution is 5.77. The summed E-state index contributed by atoms with van der Waals surface area (Å²) in [6.07, 6.45) is 6.42. The Morgan fingerprint density at radius 1 is 1.00 bits per heavy atom. The SMILES string of the molecule is O=C1CCCCN1C1CCN(c2cc(-c3ccccc3)nc3ncnn23)CC1. The minimum absolute atomic E-state index is 0.332. The van der Waals surface area contributed by atoms with Gasteiger partial charge in [0, 0.05) is 43.7 Å². The zero-order chi connectivity index (χ0) is 18.9. The molecule has 0 aliphatic carbocycles. The predicted molar refractivity (Wildman–Crippen MR) is 107 cm³/mol. The highest BCUT2D eigenvalue weighted by Crippen LogP contribution is 2.28. The lowest BCUT2D eigenvalue weighted by atomic mass is 9.99. The molecule has 7 nitrogen and oxygen atoms in total. The first-order chi connectivity index (χ1) is 13.8. The van der Waals surface area contributed by atoms with Gasteiger partial charge in [-0.05, 0) is 25.7 Å². The fourth-order valence-corrected chi connectivity index (χ4v) is 4.40. The largest absolute Gasteiger partial charge is 0.356 e. The van der Waals surface area contributed by atoms with Gasteiger partial charge in [0.15, 0.2) is 0 Å². The first-order valence-electron chi connectivity index (χ1n) is 10.1. The first kappa shape index (κ1) is 17.2. The van der Waals surface area contributed by atoms with E-state index in [0.717, 1.165) is 62.4 Å². The Balaban J connectivity index is 1.41. The molecule has 3 aromatic rings. The number of benzene rings is 1. The van der Waals surface area contributed by atoms with Gasteiger partial charge >= 0.3 is 0 Å². The molecule has 28 heavy (non-hydrogen) atoms. The van der Waals surface area contributed by atoms with Crippen LogP contribution in [0.4, 0.5) is 5.82 Å². The number of nitrogens with zero attached hydrogens (tertiary/aromatic N) is 6. The molecule has 2 aliphatic rings. The highest BCUT2D eigenvalue weighted by Gasteiger charge is 2.30. The Bertz CT molecular complexity index is 977. The third-order valence-electron chi connectivity index (χ3n) is 5.89. The molecule has 144 valence electrons. The summed E-state index contributed by atoms with van der Waals surface area (Å²) >= 11 is 0. The number of hydrogen-bond donors (Lipinski definition) is 0. The number of rotatable bonds is 3. The molecule has 1 amide bonds. The molecule has 0 saturated carbocycles. The molecular weight excluding hydrogens is 352 g/mol. The third kappa shape index (κ3) is 3.10. The van der Waals surface area contributed by atoms with Gasteiger partial charge in [0.2, 0.25) is 5.91 Å². The van der Waals surface area contributed by atoms with Crippen LogP contribution in [0.3, 0.4) is 0 Å². The van der Waals surface area contributed by atoms with Crippen LogP contribution in [0, 0.1) is 0 Å². The third-order valence-corrected chi connectivity index (χ3v) is 5.89. The molecule has 7 heteroatoms. The Hall–Kier alpha value is -2.96. The van der Waals surface area contributed by atoms with Gasteiger partial charge in [-0.2, -0.15) is 14.6 Å². The smallest absolute Gasteiger partial charge is 0.254 e. The zero-order valence-electron chi connectivity index (χ0n) is 15.9. The second kappa shape index (κ2) is 7.22. The fraction of sp³-hybridized carbons (Fsp3) is 0.429. The lowest BCUT2D eigenvalue weighted by Crippen LogP contribution is -2.49. The van der Waals surface area contributed by atoms with Crippen molar-refractivity contribution in [2.24, 2.45) is 0 Å². The van der Waals surface area contributed by atoms with Crippen LogP contribution < -0.4 is 4.90 Å². The van der Waals surface area contributed by atoms with Crippen molar-refractivity contribution in [3.05, 3.63) is 42.7 Å². The predicted octanol–water partition coefficient (Wildman–Crippen LogP) is 2.77. The number of likely N-dealkylation sites (tertiary alicyclic amines) is 1. The van der Waals surface area contributed by atoms with Crippen molar-refractivity contribution in [1.82, 2.24) is 24.5 Å². The van der Waals surface area contributed by atoms with Crippen LogP contribution in [0.25, 0.3) is 17.0 Å². The van der Waals surface area contributed by atoms with Crippen molar-refractivity contribution in [3.63, 3.8) is 0 Å². The van der Waals surface area contributed by atoms with E-state index in [0.29, 0.717) is 24.1 Å².